The number of aliphatic hydroxyl groups is 1. The lowest BCUT2D eigenvalue weighted by atomic mass is 10.1. The fourth-order valence-electron chi connectivity index (χ4n) is 2.20. The van der Waals surface area contributed by atoms with Crippen molar-refractivity contribution >= 4 is 0 Å². The molecule has 0 aliphatic heterocycles. The summed E-state index contributed by atoms with van der Waals surface area (Å²) in [7, 11) is 0. The lowest BCUT2D eigenvalue weighted by Gasteiger charge is -2.10. The third-order valence-electron chi connectivity index (χ3n) is 3.45. The third kappa shape index (κ3) is 3.35. The Kier molecular flexibility index (Phi) is 4.21. The summed E-state index contributed by atoms with van der Waals surface area (Å²) in [6.07, 6.45) is 3.18. The van der Waals surface area contributed by atoms with Gasteiger partial charge in [-0.2, -0.15) is 5.10 Å². The largest absolute Gasteiger partial charge is 0.489 e. The van der Waals surface area contributed by atoms with E-state index in [1.165, 1.54) is 0 Å². The number of ether oxygens (including phenoxy) is 1. The van der Waals surface area contributed by atoms with Gasteiger partial charge in [0.15, 0.2) is 0 Å². The summed E-state index contributed by atoms with van der Waals surface area (Å²) in [4.78, 5) is 0. The van der Waals surface area contributed by atoms with Crippen molar-refractivity contribution in [2.75, 3.05) is 0 Å². The number of rotatable bonds is 5. The molecule has 112 valence electrons. The predicted molar refractivity (Wildman–Crippen MR) is 85.0 cm³/mol. The van der Waals surface area contributed by atoms with Crippen molar-refractivity contribution in [1.82, 2.24) is 9.78 Å². The first-order valence-electron chi connectivity index (χ1n) is 7.22. The molecule has 0 amide bonds. The van der Waals surface area contributed by atoms with Crippen molar-refractivity contribution in [3.63, 3.8) is 0 Å². The highest BCUT2D eigenvalue weighted by atomic mass is 16.5. The van der Waals surface area contributed by atoms with Crippen LogP contribution in [0.5, 0.6) is 5.75 Å². The van der Waals surface area contributed by atoms with Crippen molar-refractivity contribution in [2.24, 2.45) is 0 Å². The van der Waals surface area contributed by atoms with Crippen LogP contribution in [-0.2, 0) is 6.61 Å². The topological polar surface area (TPSA) is 47.3 Å². The van der Waals surface area contributed by atoms with Crippen molar-refractivity contribution in [3.05, 3.63) is 78.1 Å². The fourth-order valence-corrected chi connectivity index (χ4v) is 2.20. The maximum Gasteiger partial charge on any atom is 0.120 e. The lowest BCUT2D eigenvalue weighted by molar-refractivity contribution is 0.198. The van der Waals surface area contributed by atoms with Gasteiger partial charge in [-0.1, -0.05) is 24.3 Å². The monoisotopic (exact) mass is 294 g/mol. The van der Waals surface area contributed by atoms with E-state index < -0.39 is 6.10 Å². The van der Waals surface area contributed by atoms with Crippen LogP contribution in [0.3, 0.4) is 0 Å². The average Bonchev–Trinajstić information content (AvgIpc) is 3.08. The van der Waals surface area contributed by atoms with Crippen LogP contribution >= 0.6 is 0 Å². The molecule has 0 radical (unpaired) electrons. The van der Waals surface area contributed by atoms with Crippen LogP contribution in [0, 0.1) is 0 Å². The molecule has 0 saturated carbocycles. The van der Waals surface area contributed by atoms with Crippen LogP contribution in [0.1, 0.15) is 24.2 Å². The maximum atomic E-state index is 9.59. The second kappa shape index (κ2) is 6.45. The van der Waals surface area contributed by atoms with Gasteiger partial charge in [0.05, 0.1) is 11.8 Å². The molecule has 2 aromatic carbocycles. The SMILES string of the molecule is CC(O)c1cccc(OCc2ccc(-n3cccn3)cc2)c1. The summed E-state index contributed by atoms with van der Waals surface area (Å²) >= 11 is 0. The van der Waals surface area contributed by atoms with E-state index in [2.05, 4.69) is 5.10 Å². The molecule has 0 saturated heterocycles. The Labute approximate surface area is 129 Å². The zero-order chi connectivity index (χ0) is 15.4. The Morgan fingerprint density at radius 3 is 2.64 bits per heavy atom. The summed E-state index contributed by atoms with van der Waals surface area (Å²) in [6.45, 7) is 2.23. The van der Waals surface area contributed by atoms with Gasteiger partial charge in [-0.3, -0.25) is 0 Å². The van der Waals surface area contributed by atoms with Gasteiger partial charge in [-0.25, -0.2) is 4.68 Å². The number of benzene rings is 2. The van der Waals surface area contributed by atoms with Gasteiger partial charge in [0.2, 0.25) is 0 Å². The second-order valence-corrected chi connectivity index (χ2v) is 5.15. The average molecular weight is 294 g/mol. The molecule has 1 N–H and O–H groups in total. The summed E-state index contributed by atoms with van der Waals surface area (Å²) < 4.78 is 7.60. The number of nitrogens with zero attached hydrogens (tertiary/aromatic N) is 2. The number of hydrogen-bond acceptors (Lipinski definition) is 3. The van der Waals surface area contributed by atoms with Gasteiger partial charge in [0.1, 0.15) is 12.4 Å². The van der Waals surface area contributed by atoms with Gasteiger partial charge in [0.25, 0.3) is 0 Å². The summed E-state index contributed by atoms with van der Waals surface area (Å²) in [6, 6.07) is 17.5. The molecule has 0 bridgehead atoms. The molecule has 4 nitrogen and oxygen atoms in total. The zero-order valence-corrected chi connectivity index (χ0v) is 12.4. The summed E-state index contributed by atoms with van der Waals surface area (Å²) in [5.41, 5.74) is 2.95. The van der Waals surface area contributed by atoms with E-state index in [-0.39, 0.29) is 0 Å². The zero-order valence-electron chi connectivity index (χ0n) is 12.4. The van der Waals surface area contributed by atoms with Crippen LogP contribution in [0.4, 0.5) is 0 Å². The first-order valence-corrected chi connectivity index (χ1v) is 7.22. The van der Waals surface area contributed by atoms with Crippen LogP contribution in [-0.4, -0.2) is 14.9 Å². The molecular formula is C18H18N2O2. The van der Waals surface area contributed by atoms with Crippen molar-refractivity contribution in [3.8, 4) is 11.4 Å². The molecule has 1 heterocycles. The van der Waals surface area contributed by atoms with E-state index in [0.29, 0.717) is 6.61 Å². The Morgan fingerprint density at radius 1 is 1.14 bits per heavy atom. The molecule has 1 aromatic heterocycles. The van der Waals surface area contributed by atoms with E-state index >= 15 is 0 Å². The van der Waals surface area contributed by atoms with E-state index in [1.54, 1.807) is 13.1 Å². The van der Waals surface area contributed by atoms with Crippen LogP contribution in [0.25, 0.3) is 5.69 Å². The highest BCUT2D eigenvalue weighted by Crippen LogP contribution is 2.20. The summed E-state index contributed by atoms with van der Waals surface area (Å²) in [5.74, 6) is 0.759. The van der Waals surface area contributed by atoms with Crippen LogP contribution < -0.4 is 4.74 Å². The normalized spacial score (nSPS) is 12.1. The summed E-state index contributed by atoms with van der Waals surface area (Å²) in [5, 5.41) is 13.8. The Hall–Kier alpha value is -2.59. The van der Waals surface area contributed by atoms with Gasteiger partial charge in [-0.05, 0) is 48.4 Å². The van der Waals surface area contributed by atoms with Crippen molar-refractivity contribution in [2.45, 2.75) is 19.6 Å². The maximum absolute atomic E-state index is 9.59. The standard InChI is InChI=1S/C18H18N2O2/c1-14(21)16-4-2-5-18(12-16)22-13-15-6-8-17(9-7-15)20-11-3-10-19-20/h2-12,14,21H,13H2,1H3. The molecule has 0 spiro atoms. The smallest absolute Gasteiger partial charge is 0.120 e. The van der Waals surface area contributed by atoms with Crippen molar-refractivity contribution < 1.29 is 9.84 Å². The highest BCUT2D eigenvalue weighted by molar-refractivity contribution is 5.34. The first-order chi connectivity index (χ1) is 10.7. The molecule has 1 atom stereocenters. The predicted octanol–water partition coefficient (Wildman–Crippen LogP) is 3.50. The molecule has 3 aromatic rings. The van der Waals surface area contributed by atoms with Gasteiger partial charge in [0, 0.05) is 12.4 Å². The minimum Gasteiger partial charge on any atom is -0.489 e. The van der Waals surface area contributed by atoms with E-state index in [1.807, 2.05) is 65.5 Å². The highest BCUT2D eigenvalue weighted by Gasteiger charge is 2.03. The van der Waals surface area contributed by atoms with Crippen molar-refractivity contribution in [1.29, 1.82) is 0 Å². The number of hydrogen-bond donors (Lipinski definition) is 1. The molecule has 0 aliphatic carbocycles. The third-order valence-corrected chi connectivity index (χ3v) is 3.45. The van der Waals surface area contributed by atoms with E-state index in [4.69, 9.17) is 4.74 Å². The fraction of sp³-hybridized carbons (Fsp3) is 0.167. The molecule has 1 unspecified atom stereocenters. The second-order valence-electron chi connectivity index (χ2n) is 5.15. The van der Waals surface area contributed by atoms with Gasteiger partial charge < -0.3 is 9.84 Å². The minimum atomic E-state index is -0.489. The lowest BCUT2D eigenvalue weighted by Crippen LogP contribution is -1.98. The molecule has 4 heteroatoms. The van der Waals surface area contributed by atoms with Gasteiger partial charge in [-0.15, -0.1) is 0 Å². The van der Waals surface area contributed by atoms with Crippen LogP contribution in [0.15, 0.2) is 67.0 Å². The molecular weight excluding hydrogens is 276 g/mol. The number of aromatic nitrogens is 2. The van der Waals surface area contributed by atoms with E-state index in [9.17, 15) is 5.11 Å². The molecule has 3 rings (SSSR count). The number of aliphatic hydroxyl groups excluding tert-OH is 1. The minimum absolute atomic E-state index is 0.489. The first kappa shape index (κ1) is 14.4. The Morgan fingerprint density at radius 2 is 1.95 bits per heavy atom. The quantitative estimate of drug-likeness (QED) is 0.783. The van der Waals surface area contributed by atoms with Gasteiger partial charge >= 0.3 is 0 Å². The molecule has 0 fully saturated rings. The van der Waals surface area contributed by atoms with Crippen LogP contribution in [0.2, 0.25) is 0 Å². The molecule has 0 aliphatic rings. The molecule has 22 heavy (non-hydrogen) atoms. The Bertz CT molecular complexity index is 719. The Balaban J connectivity index is 1.65. The van der Waals surface area contributed by atoms with E-state index in [0.717, 1.165) is 22.6 Å².